The van der Waals surface area contributed by atoms with Gasteiger partial charge >= 0.3 is 6.09 Å². The molecule has 1 rings (SSSR count). The van der Waals surface area contributed by atoms with Crippen molar-refractivity contribution in [3.8, 4) is 5.75 Å². The van der Waals surface area contributed by atoms with Gasteiger partial charge in [0.2, 0.25) is 0 Å². The van der Waals surface area contributed by atoms with Gasteiger partial charge in [0.05, 0.1) is 13.2 Å². The second kappa shape index (κ2) is 11.7. The minimum atomic E-state index is -1.52. The van der Waals surface area contributed by atoms with Gasteiger partial charge in [-0.25, -0.2) is 4.79 Å². The summed E-state index contributed by atoms with van der Waals surface area (Å²) < 4.78 is 10.9. The SMILES string of the molecule is CCCCCCCOc1ccc(NC(=O)C(C)(CO)NC(=O)OC(C)(C)C)cc1. The summed E-state index contributed by atoms with van der Waals surface area (Å²) in [6, 6.07) is 6.99. The van der Waals surface area contributed by atoms with Gasteiger partial charge in [-0.15, -0.1) is 0 Å². The van der Waals surface area contributed by atoms with Crippen LogP contribution in [0.1, 0.15) is 66.7 Å². The van der Waals surface area contributed by atoms with E-state index in [4.69, 9.17) is 9.47 Å². The number of hydrogen-bond acceptors (Lipinski definition) is 5. The Labute approximate surface area is 174 Å². The number of anilines is 1. The Morgan fingerprint density at radius 2 is 1.62 bits per heavy atom. The summed E-state index contributed by atoms with van der Waals surface area (Å²) in [7, 11) is 0. The van der Waals surface area contributed by atoms with Crippen LogP contribution in [0.4, 0.5) is 10.5 Å². The fourth-order valence-electron chi connectivity index (χ4n) is 2.50. The van der Waals surface area contributed by atoms with E-state index in [-0.39, 0.29) is 0 Å². The molecule has 0 fully saturated rings. The standard InChI is InChI=1S/C22H36N2O5/c1-6-7-8-9-10-15-28-18-13-11-17(12-14-18)23-19(26)22(5,16-25)24-20(27)29-21(2,3)4/h11-14,25H,6-10,15-16H2,1-5H3,(H,23,26)(H,24,27). The molecule has 0 heterocycles. The van der Waals surface area contributed by atoms with Crippen LogP contribution in [-0.2, 0) is 9.53 Å². The highest BCUT2D eigenvalue weighted by Gasteiger charge is 2.36. The number of aliphatic hydroxyl groups excluding tert-OH is 1. The van der Waals surface area contributed by atoms with Crippen LogP contribution in [0.3, 0.4) is 0 Å². The quantitative estimate of drug-likeness (QED) is 0.476. The number of nitrogens with one attached hydrogen (secondary N) is 2. The predicted molar refractivity (Wildman–Crippen MR) is 114 cm³/mol. The Morgan fingerprint density at radius 1 is 1.00 bits per heavy atom. The lowest BCUT2D eigenvalue weighted by molar-refractivity contribution is -0.123. The molecule has 164 valence electrons. The third-order valence-electron chi connectivity index (χ3n) is 4.22. The molecule has 0 saturated heterocycles. The van der Waals surface area contributed by atoms with Crippen molar-refractivity contribution in [3.63, 3.8) is 0 Å². The second-order valence-electron chi connectivity index (χ2n) is 8.36. The first-order chi connectivity index (χ1) is 13.6. The number of amides is 2. The van der Waals surface area contributed by atoms with Crippen molar-refractivity contribution in [2.45, 2.75) is 77.9 Å². The lowest BCUT2D eigenvalue weighted by Crippen LogP contribution is -2.58. The molecule has 1 aromatic carbocycles. The molecule has 0 aliphatic carbocycles. The van der Waals surface area contributed by atoms with Crippen LogP contribution in [0.5, 0.6) is 5.75 Å². The zero-order valence-electron chi connectivity index (χ0n) is 18.3. The molecule has 0 saturated carbocycles. The lowest BCUT2D eigenvalue weighted by atomic mass is 10.0. The summed E-state index contributed by atoms with van der Waals surface area (Å²) in [5.74, 6) is 0.186. The first-order valence-electron chi connectivity index (χ1n) is 10.3. The summed E-state index contributed by atoms with van der Waals surface area (Å²) in [6.45, 7) is 8.87. The van der Waals surface area contributed by atoms with Crippen LogP contribution >= 0.6 is 0 Å². The summed E-state index contributed by atoms with van der Waals surface area (Å²) >= 11 is 0. The topological polar surface area (TPSA) is 96.9 Å². The number of carbonyl (C=O) groups is 2. The van der Waals surface area contributed by atoms with Crippen molar-refractivity contribution >= 4 is 17.7 Å². The van der Waals surface area contributed by atoms with E-state index in [2.05, 4.69) is 17.6 Å². The summed E-state index contributed by atoms with van der Waals surface area (Å²) in [5.41, 5.74) is -1.69. The van der Waals surface area contributed by atoms with Gasteiger partial charge in [-0.2, -0.15) is 0 Å². The molecule has 0 aromatic heterocycles. The molecule has 0 aliphatic heterocycles. The van der Waals surface area contributed by atoms with E-state index in [9.17, 15) is 14.7 Å². The molecule has 7 nitrogen and oxygen atoms in total. The van der Waals surface area contributed by atoms with Gasteiger partial charge < -0.3 is 25.2 Å². The Bertz CT molecular complexity index is 640. The molecule has 1 unspecified atom stereocenters. The van der Waals surface area contributed by atoms with Crippen LogP contribution in [-0.4, -0.2) is 41.5 Å². The van der Waals surface area contributed by atoms with E-state index in [1.165, 1.54) is 26.2 Å². The number of unbranched alkanes of at least 4 members (excludes halogenated alkanes) is 4. The maximum Gasteiger partial charge on any atom is 0.408 e. The van der Waals surface area contributed by atoms with Crippen molar-refractivity contribution in [2.75, 3.05) is 18.5 Å². The molecule has 1 atom stereocenters. The van der Waals surface area contributed by atoms with E-state index in [1.807, 2.05) is 0 Å². The molecular weight excluding hydrogens is 372 g/mol. The molecule has 3 N–H and O–H groups in total. The Hall–Kier alpha value is -2.28. The minimum absolute atomic E-state index is 0.538. The third kappa shape index (κ3) is 9.65. The van der Waals surface area contributed by atoms with Crippen molar-refractivity contribution in [3.05, 3.63) is 24.3 Å². The van der Waals surface area contributed by atoms with Gasteiger partial charge in [-0.05, 0) is 58.4 Å². The number of benzene rings is 1. The first kappa shape index (κ1) is 24.8. The zero-order valence-corrected chi connectivity index (χ0v) is 18.3. The van der Waals surface area contributed by atoms with Crippen LogP contribution < -0.4 is 15.4 Å². The Morgan fingerprint density at radius 3 is 2.17 bits per heavy atom. The smallest absolute Gasteiger partial charge is 0.408 e. The van der Waals surface area contributed by atoms with Gasteiger partial charge in [0.15, 0.2) is 0 Å². The predicted octanol–water partition coefficient (Wildman–Crippen LogP) is 4.25. The summed E-state index contributed by atoms with van der Waals surface area (Å²) in [5, 5.41) is 14.8. The molecule has 7 heteroatoms. The average molecular weight is 409 g/mol. The average Bonchev–Trinajstić information content (AvgIpc) is 2.64. The van der Waals surface area contributed by atoms with Crippen LogP contribution in [0, 0.1) is 0 Å². The van der Waals surface area contributed by atoms with E-state index in [1.54, 1.807) is 45.0 Å². The van der Waals surface area contributed by atoms with E-state index in [0.717, 1.165) is 18.6 Å². The van der Waals surface area contributed by atoms with Crippen LogP contribution in [0.25, 0.3) is 0 Å². The van der Waals surface area contributed by atoms with E-state index in [0.29, 0.717) is 12.3 Å². The number of aliphatic hydroxyl groups is 1. The summed E-state index contributed by atoms with van der Waals surface area (Å²) in [6.07, 6.45) is 5.11. The molecule has 29 heavy (non-hydrogen) atoms. The van der Waals surface area contributed by atoms with E-state index >= 15 is 0 Å². The Kier molecular flexibility index (Phi) is 9.95. The number of rotatable bonds is 11. The molecule has 0 aliphatic rings. The highest BCUT2D eigenvalue weighted by molar-refractivity contribution is 5.99. The lowest BCUT2D eigenvalue weighted by Gasteiger charge is -2.29. The Balaban J connectivity index is 2.55. The first-order valence-corrected chi connectivity index (χ1v) is 10.3. The van der Waals surface area contributed by atoms with Crippen molar-refractivity contribution in [1.29, 1.82) is 0 Å². The number of ether oxygens (including phenoxy) is 2. The van der Waals surface area contributed by atoms with Crippen molar-refractivity contribution in [1.82, 2.24) is 5.32 Å². The normalized spacial score (nSPS) is 13.3. The third-order valence-corrected chi connectivity index (χ3v) is 4.22. The van der Waals surface area contributed by atoms with Crippen LogP contribution in [0.15, 0.2) is 24.3 Å². The van der Waals surface area contributed by atoms with Gasteiger partial charge in [0, 0.05) is 5.69 Å². The zero-order chi connectivity index (χ0) is 21.9. The fraction of sp³-hybridized carbons (Fsp3) is 0.636. The molecule has 2 amide bonds. The van der Waals surface area contributed by atoms with Gasteiger partial charge in [0.25, 0.3) is 5.91 Å². The number of alkyl carbamates (subject to hydrolysis) is 1. The maximum absolute atomic E-state index is 12.6. The van der Waals surface area contributed by atoms with Gasteiger partial charge in [0.1, 0.15) is 16.9 Å². The number of carbonyl (C=O) groups excluding carboxylic acids is 2. The second-order valence-corrected chi connectivity index (χ2v) is 8.36. The molecular formula is C22H36N2O5. The van der Waals surface area contributed by atoms with Crippen LogP contribution in [0.2, 0.25) is 0 Å². The maximum atomic E-state index is 12.6. The summed E-state index contributed by atoms with van der Waals surface area (Å²) in [4.78, 5) is 24.6. The van der Waals surface area contributed by atoms with Gasteiger partial charge in [-0.3, -0.25) is 4.79 Å². The van der Waals surface area contributed by atoms with E-state index < -0.39 is 29.7 Å². The monoisotopic (exact) mass is 408 g/mol. The molecule has 1 aromatic rings. The largest absolute Gasteiger partial charge is 0.494 e. The van der Waals surface area contributed by atoms with Crippen molar-refractivity contribution in [2.24, 2.45) is 0 Å². The van der Waals surface area contributed by atoms with Gasteiger partial charge in [-0.1, -0.05) is 32.6 Å². The van der Waals surface area contributed by atoms with Crippen molar-refractivity contribution < 1.29 is 24.2 Å². The number of hydrogen-bond donors (Lipinski definition) is 3. The molecule has 0 bridgehead atoms. The highest BCUT2D eigenvalue weighted by atomic mass is 16.6. The fourth-order valence-corrected chi connectivity index (χ4v) is 2.50. The minimum Gasteiger partial charge on any atom is -0.494 e. The molecule has 0 spiro atoms. The highest BCUT2D eigenvalue weighted by Crippen LogP contribution is 2.18. The molecule has 0 radical (unpaired) electrons.